The Hall–Kier alpha value is -2.61. The summed E-state index contributed by atoms with van der Waals surface area (Å²) in [5.41, 5.74) is 6.42. The van der Waals surface area contributed by atoms with Crippen molar-refractivity contribution in [2.24, 2.45) is 0 Å². The highest BCUT2D eigenvalue weighted by Crippen LogP contribution is 2.24. The summed E-state index contributed by atoms with van der Waals surface area (Å²) in [4.78, 5) is 10.1. The fraction of sp³-hybridized carbons (Fsp3) is 0.0769. The van der Waals surface area contributed by atoms with E-state index < -0.39 is 14.9 Å². The summed E-state index contributed by atoms with van der Waals surface area (Å²) in [5.74, 6) is 0. The molecular weight excluding hydrogens is 294 g/mol. The number of nitro groups is 1. The van der Waals surface area contributed by atoms with Gasteiger partial charge in [0.25, 0.3) is 15.7 Å². The fourth-order valence-electron chi connectivity index (χ4n) is 1.77. The van der Waals surface area contributed by atoms with Crippen LogP contribution in [0.5, 0.6) is 0 Å². The molecule has 7 nitrogen and oxygen atoms in total. The first-order chi connectivity index (χ1) is 9.79. The number of aryl methyl sites for hydroxylation is 1. The molecule has 2 rings (SSSR count). The highest BCUT2D eigenvalue weighted by molar-refractivity contribution is 7.92. The number of anilines is 2. The van der Waals surface area contributed by atoms with Gasteiger partial charge >= 0.3 is 0 Å². The molecule has 0 saturated heterocycles. The topological polar surface area (TPSA) is 115 Å². The van der Waals surface area contributed by atoms with Crippen LogP contribution in [0.1, 0.15) is 5.56 Å². The first kappa shape index (κ1) is 14.8. The molecule has 0 fully saturated rings. The van der Waals surface area contributed by atoms with Crippen molar-refractivity contribution in [3.8, 4) is 0 Å². The number of nitrogens with zero attached hydrogens (tertiary/aromatic N) is 1. The fourth-order valence-corrected chi connectivity index (χ4v) is 2.84. The molecule has 0 aliphatic rings. The van der Waals surface area contributed by atoms with Crippen molar-refractivity contribution in [3.63, 3.8) is 0 Å². The number of benzene rings is 2. The summed E-state index contributed by atoms with van der Waals surface area (Å²) in [6.07, 6.45) is 0. The van der Waals surface area contributed by atoms with Gasteiger partial charge in [0.1, 0.15) is 0 Å². The van der Waals surface area contributed by atoms with Crippen LogP contribution in [0.3, 0.4) is 0 Å². The zero-order valence-corrected chi connectivity index (χ0v) is 11.9. The van der Waals surface area contributed by atoms with Crippen LogP contribution in [0.25, 0.3) is 0 Å². The minimum atomic E-state index is -3.91. The van der Waals surface area contributed by atoms with Crippen LogP contribution in [-0.2, 0) is 10.0 Å². The molecule has 2 aromatic rings. The van der Waals surface area contributed by atoms with Gasteiger partial charge in [-0.3, -0.25) is 14.8 Å². The SMILES string of the molecule is Cc1ccc(S(=O)(=O)Nc2cccc(N)c2)cc1[N+](=O)[O-]. The lowest BCUT2D eigenvalue weighted by Crippen LogP contribution is -2.13. The quantitative estimate of drug-likeness (QED) is 0.511. The molecule has 110 valence electrons. The molecule has 0 aliphatic heterocycles. The Morgan fingerprint density at radius 3 is 2.52 bits per heavy atom. The summed E-state index contributed by atoms with van der Waals surface area (Å²) in [7, 11) is -3.91. The van der Waals surface area contributed by atoms with E-state index in [0.29, 0.717) is 16.9 Å². The zero-order valence-electron chi connectivity index (χ0n) is 11.1. The van der Waals surface area contributed by atoms with Gasteiger partial charge in [0.15, 0.2) is 0 Å². The number of nitro benzene ring substituents is 1. The van der Waals surface area contributed by atoms with Crippen LogP contribution in [0, 0.1) is 17.0 Å². The molecule has 0 saturated carbocycles. The van der Waals surface area contributed by atoms with Gasteiger partial charge in [-0.2, -0.15) is 0 Å². The molecular formula is C13H13N3O4S. The van der Waals surface area contributed by atoms with Crippen molar-refractivity contribution in [3.05, 3.63) is 58.1 Å². The average molecular weight is 307 g/mol. The maximum Gasteiger partial charge on any atom is 0.273 e. The second kappa shape index (κ2) is 5.41. The highest BCUT2D eigenvalue weighted by Gasteiger charge is 2.19. The minimum Gasteiger partial charge on any atom is -0.399 e. The van der Waals surface area contributed by atoms with Crippen LogP contribution >= 0.6 is 0 Å². The molecule has 0 heterocycles. The second-order valence-electron chi connectivity index (χ2n) is 4.44. The van der Waals surface area contributed by atoms with Gasteiger partial charge in [-0.15, -0.1) is 0 Å². The largest absolute Gasteiger partial charge is 0.399 e. The van der Waals surface area contributed by atoms with Crippen LogP contribution < -0.4 is 10.5 Å². The van der Waals surface area contributed by atoms with Gasteiger partial charge in [-0.25, -0.2) is 8.42 Å². The Morgan fingerprint density at radius 1 is 1.19 bits per heavy atom. The van der Waals surface area contributed by atoms with E-state index >= 15 is 0 Å². The Labute approximate surface area is 121 Å². The number of sulfonamides is 1. The first-order valence-electron chi connectivity index (χ1n) is 5.93. The molecule has 0 radical (unpaired) electrons. The molecule has 0 bridgehead atoms. The Kier molecular flexibility index (Phi) is 3.81. The molecule has 0 spiro atoms. The summed E-state index contributed by atoms with van der Waals surface area (Å²) < 4.78 is 26.8. The standard InChI is InChI=1S/C13H13N3O4S/c1-9-5-6-12(8-13(9)16(17)18)21(19,20)15-11-4-2-3-10(14)7-11/h2-8,15H,14H2,1H3. The zero-order chi connectivity index (χ0) is 15.6. The summed E-state index contributed by atoms with van der Waals surface area (Å²) in [5, 5.41) is 10.9. The van der Waals surface area contributed by atoms with E-state index in [1.165, 1.54) is 24.3 Å². The number of hydrogen-bond acceptors (Lipinski definition) is 5. The van der Waals surface area contributed by atoms with Gasteiger partial charge in [0.05, 0.1) is 15.5 Å². The monoisotopic (exact) mass is 307 g/mol. The Balaban J connectivity index is 2.40. The third kappa shape index (κ3) is 3.29. The highest BCUT2D eigenvalue weighted by atomic mass is 32.2. The summed E-state index contributed by atoms with van der Waals surface area (Å²) in [6.45, 7) is 1.54. The Bertz CT molecular complexity index is 803. The summed E-state index contributed by atoms with van der Waals surface area (Å²) >= 11 is 0. The summed E-state index contributed by atoms with van der Waals surface area (Å²) in [6, 6.07) is 9.96. The molecule has 0 aliphatic carbocycles. The van der Waals surface area contributed by atoms with Crippen molar-refractivity contribution < 1.29 is 13.3 Å². The molecule has 0 aromatic heterocycles. The van der Waals surface area contributed by atoms with E-state index in [0.717, 1.165) is 6.07 Å². The average Bonchev–Trinajstić information content (AvgIpc) is 2.38. The maximum absolute atomic E-state index is 12.2. The Morgan fingerprint density at radius 2 is 1.90 bits per heavy atom. The maximum atomic E-state index is 12.2. The lowest BCUT2D eigenvalue weighted by molar-refractivity contribution is -0.385. The predicted molar refractivity (Wildman–Crippen MR) is 79.5 cm³/mol. The van der Waals surface area contributed by atoms with Gasteiger partial charge in [0.2, 0.25) is 0 Å². The van der Waals surface area contributed by atoms with Gasteiger partial charge in [-0.05, 0) is 31.2 Å². The molecule has 0 unspecified atom stereocenters. The number of rotatable bonds is 4. The van der Waals surface area contributed by atoms with Gasteiger partial charge in [0, 0.05) is 17.3 Å². The molecule has 0 atom stereocenters. The number of nitrogen functional groups attached to an aromatic ring is 1. The van der Waals surface area contributed by atoms with Gasteiger partial charge < -0.3 is 5.73 Å². The number of nitrogens with two attached hydrogens (primary N) is 1. The third-order valence-electron chi connectivity index (χ3n) is 2.83. The van der Waals surface area contributed by atoms with E-state index in [9.17, 15) is 18.5 Å². The number of nitrogens with one attached hydrogen (secondary N) is 1. The molecule has 2 aromatic carbocycles. The van der Waals surface area contributed by atoms with Crippen LogP contribution in [0.15, 0.2) is 47.4 Å². The van der Waals surface area contributed by atoms with E-state index in [4.69, 9.17) is 5.73 Å². The smallest absolute Gasteiger partial charge is 0.273 e. The molecule has 21 heavy (non-hydrogen) atoms. The van der Waals surface area contributed by atoms with Crippen LogP contribution in [0.4, 0.5) is 17.1 Å². The van der Waals surface area contributed by atoms with E-state index in [2.05, 4.69) is 4.72 Å². The first-order valence-corrected chi connectivity index (χ1v) is 7.41. The lowest BCUT2D eigenvalue weighted by Gasteiger charge is -2.09. The third-order valence-corrected chi connectivity index (χ3v) is 4.21. The van der Waals surface area contributed by atoms with Crippen molar-refractivity contribution in [1.82, 2.24) is 0 Å². The van der Waals surface area contributed by atoms with Crippen molar-refractivity contribution in [2.45, 2.75) is 11.8 Å². The van der Waals surface area contributed by atoms with Gasteiger partial charge in [-0.1, -0.05) is 12.1 Å². The van der Waals surface area contributed by atoms with E-state index in [1.54, 1.807) is 19.1 Å². The molecule has 3 N–H and O–H groups in total. The van der Waals surface area contributed by atoms with Crippen molar-refractivity contribution >= 4 is 27.1 Å². The second-order valence-corrected chi connectivity index (χ2v) is 6.12. The number of hydrogen-bond donors (Lipinski definition) is 2. The lowest BCUT2D eigenvalue weighted by atomic mass is 10.2. The van der Waals surface area contributed by atoms with Crippen LogP contribution in [-0.4, -0.2) is 13.3 Å². The molecule has 0 amide bonds. The molecule has 8 heteroatoms. The predicted octanol–water partition coefficient (Wildman–Crippen LogP) is 2.29. The van der Waals surface area contributed by atoms with E-state index in [1.807, 2.05) is 0 Å². The van der Waals surface area contributed by atoms with Crippen molar-refractivity contribution in [1.29, 1.82) is 0 Å². The minimum absolute atomic E-state index is 0.178. The van der Waals surface area contributed by atoms with E-state index in [-0.39, 0.29) is 10.6 Å². The normalized spacial score (nSPS) is 11.1. The van der Waals surface area contributed by atoms with Crippen LogP contribution in [0.2, 0.25) is 0 Å². The van der Waals surface area contributed by atoms with Crippen molar-refractivity contribution in [2.75, 3.05) is 10.5 Å².